The van der Waals surface area contributed by atoms with E-state index in [1.807, 2.05) is 12.1 Å². The molecule has 0 bridgehead atoms. The van der Waals surface area contributed by atoms with Crippen LogP contribution in [-0.2, 0) is 11.2 Å². The average Bonchev–Trinajstić information content (AvgIpc) is 2.46. The Hall–Kier alpha value is -1.90. The van der Waals surface area contributed by atoms with Gasteiger partial charge in [0.1, 0.15) is 0 Å². The Bertz CT molecular complexity index is 506. The number of carbonyl (C=O) groups is 1. The fourth-order valence-corrected chi connectivity index (χ4v) is 2.18. The average molecular weight is 303 g/mol. The largest absolute Gasteiger partial charge is 0.390 e. The molecule has 1 amide bonds. The first kappa shape index (κ1) is 18.1. The zero-order valence-corrected chi connectivity index (χ0v) is 13.5. The minimum atomic E-state index is -0.668. The van der Waals surface area contributed by atoms with E-state index in [1.54, 1.807) is 12.1 Å². The smallest absolute Gasteiger partial charge is 0.217 e. The second-order valence-electron chi connectivity index (χ2n) is 5.94. The first-order chi connectivity index (χ1) is 10.4. The quantitative estimate of drug-likeness (QED) is 0.674. The van der Waals surface area contributed by atoms with E-state index in [0.717, 1.165) is 12.1 Å². The molecule has 1 aromatic carbocycles. The molecule has 0 unspecified atom stereocenters. The van der Waals surface area contributed by atoms with Crippen LogP contribution in [0.15, 0.2) is 24.3 Å². The summed E-state index contributed by atoms with van der Waals surface area (Å²) in [6.07, 6.45) is -0.145. The number of rotatable bonds is 8. The number of hydrogen-bond acceptors (Lipinski definition) is 4. The molecule has 0 aliphatic rings. The van der Waals surface area contributed by atoms with Crippen LogP contribution >= 0.6 is 0 Å². The summed E-state index contributed by atoms with van der Waals surface area (Å²) in [5.74, 6) is 0.339. The Labute approximate surface area is 132 Å². The second kappa shape index (κ2) is 9.19. The summed E-state index contributed by atoms with van der Waals surface area (Å²) >= 11 is 0. The molecule has 120 valence electrons. The molecule has 2 atom stereocenters. The first-order valence-electron chi connectivity index (χ1n) is 7.57. The number of aliphatic hydroxyl groups is 1. The fourth-order valence-electron chi connectivity index (χ4n) is 2.18. The summed E-state index contributed by atoms with van der Waals surface area (Å²) in [5, 5.41) is 25.1. The first-order valence-corrected chi connectivity index (χ1v) is 7.57. The van der Waals surface area contributed by atoms with E-state index in [9.17, 15) is 9.90 Å². The van der Waals surface area contributed by atoms with Crippen LogP contribution in [0.4, 0.5) is 0 Å². The minimum absolute atomic E-state index is 0.165. The van der Waals surface area contributed by atoms with E-state index in [1.165, 1.54) is 6.92 Å². The van der Waals surface area contributed by atoms with Crippen LogP contribution in [0.5, 0.6) is 0 Å². The number of nitrogens with one attached hydrogen (secondary N) is 2. The van der Waals surface area contributed by atoms with Gasteiger partial charge < -0.3 is 15.7 Å². The maximum absolute atomic E-state index is 11.3. The second-order valence-corrected chi connectivity index (χ2v) is 5.94. The third kappa shape index (κ3) is 6.70. The molecule has 0 saturated carbocycles. The minimum Gasteiger partial charge on any atom is -0.390 e. The topological polar surface area (TPSA) is 85.2 Å². The van der Waals surface area contributed by atoms with Gasteiger partial charge in [0.15, 0.2) is 0 Å². The van der Waals surface area contributed by atoms with E-state index >= 15 is 0 Å². The lowest BCUT2D eigenvalue weighted by atomic mass is 10.00. The van der Waals surface area contributed by atoms with E-state index in [-0.39, 0.29) is 11.9 Å². The molecule has 5 nitrogen and oxygen atoms in total. The van der Waals surface area contributed by atoms with Crippen molar-refractivity contribution in [3.8, 4) is 6.07 Å². The predicted molar refractivity (Wildman–Crippen MR) is 86.2 cm³/mol. The summed E-state index contributed by atoms with van der Waals surface area (Å²) in [4.78, 5) is 11.3. The molecule has 3 N–H and O–H groups in total. The lowest BCUT2D eigenvalue weighted by Gasteiger charge is -2.24. The van der Waals surface area contributed by atoms with Gasteiger partial charge in [-0.15, -0.1) is 0 Å². The number of carbonyl (C=O) groups excluding carboxylic acids is 1. The van der Waals surface area contributed by atoms with Crippen molar-refractivity contribution in [3.63, 3.8) is 0 Å². The molecular formula is C17H25N3O2. The number of nitrogens with zero attached hydrogens (tertiary/aromatic N) is 1. The molecule has 0 aromatic heterocycles. The van der Waals surface area contributed by atoms with Crippen molar-refractivity contribution < 1.29 is 9.90 Å². The van der Waals surface area contributed by atoms with Gasteiger partial charge in [0.2, 0.25) is 5.91 Å². The summed E-state index contributed by atoms with van der Waals surface area (Å²) in [6.45, 7) is 6.89. The van der Waals surface area contributed by atoms with Gasteiger partial charge >= 0.3 is 0 Å². The van der Waals surface area contributed by atoms with E-state index < -0.39 is 6.10 Å². The third-order valence-electron chi connectivity index (χ3n) is 3.30. The van der Waals surface area contributed by atoms with Crippen molar-refractivity contribution in [2.75, 3.05) is 13.1 Å². The zero-order valence-electron chi connectivity index (χ0n) is 13.5. The highest BCUT2D eigenvalue weighted by atomic mass is 16.3. The SMILES string of the molecule is CC(=O)N[C@@H](Cc1ccc(C#N)cc1)[C@H](O)CNCC(C)C. The van der Waals surface area contributed by atoms with Crippen LogP contribution in [0, 0.1) is 17.2 Å². The predicted octanol–water partition coefficient (Wildman–Crippen LogP) is 1.21. The molecule has 0 aliphatic heterocycles. The van der Waals surface area contributed by atoms with Crippen molar-refractivity contribution in [2.24, 2.45) is 5.92 Å². The Morgan fingerprint density at radius 2 is 1.91 bits per heavy atom. The lowest BCUT2D eigenvalue weighted by molar-refractivity contribution is -0.120. The molecule has 0 saturated heterocycles. The summed E-state index contributed by atoms with van der Waals surface area (Å²) in [5.41, 5.74) is 1.57. The number of amides is 1. The normalized spacial score (nSPS) is 13.5. The van der Waals surface area contributed by atoms with E-state index in [0.29, 0.717) is 24.4 Å². The Kier molecular flexibility index (Phi) is 7.58. The van der Waals surface area contributed by atoms with Crippen LogP contribution in [0.2, 0.25) is 0 Å². The summed E-state index contributed by atoms with van der Waals surface area (Å²) in [7, 11) is 0. The third-order valence-corrected chi connectivity index (χ3v) is 3.30. The van der Waals surface area contributed by atoms with E-state index in [4.69, 9.17) is 5.26 Å². The van der Waals surface area contributed by atoms with Gasteiger partial charge in [-0.25, -0.2) is 0 Å². The number of hydrogen-bond donors (Lipinski definition) is 3. The number of nitriles is 1. The number of aliphatic hydroxyl groups excluding tert-OH is 1. The van der Waals surface area contributed by atoms with Crippen molar-refractivity contribution in [1.82, 2.24) is 10.6 Å². The van der Waals surface area contributed by atoms with Crippen LogP contribution < -0.4 is 10.6 Å². The maximum Gasteiger partial charge on any atom is 0.217 e. The molecule has 22 heavy (non-hydrogen) atoms. The lowest BCUT2D eigenvalue weighted by Crippen LogP contribution is -2.48. The Morgan fingerprint density at radius 3 is 2.41 bits per heavy atom. The molecule has 0 spiro atoms. The van der Waals surface area contributed by atoms with Crippen LogP contribution in [0.3, 0.4) is 0 Å². The van der Waals surface area contributed by atoms with E-state index in [2.05, 4.69) is 30.6 Å². The van der Waals surface area contributed by atoms with Gasteiger partial charge in [-0.1, -0.05) is 26.0 Å². The molecule has 0 fully saturated rings. The highest BCUT2D eigenvalue weighted by molar-refractivity contribution is 5.73. The molecule has 1 rings (SSSR count). The number of benzene rings is 1. The molecular weight excluding hydrogens is 278 g/mol. The highest BCUT2D eigenvalue weighted by Gasteiger charge is 2.20. The van der Waals surface area contributed by atoms with Gasteiger partial charge in [-0.2, -0.15) is 5.26 Å². The summed E-state index contributed by atoms with van der Waals surface area (Å²) in [6, 6.07) is 8.89. The zero-order chi connectivity index (χ0) is 16.5. The molecule has 0 radical (unpaired) electrons. The molecule has 0 heterocycles. The van der Waals surface area contributed by atoms with Crippen molar-refractivity contribution >= 4 is 5.91 Å². The monoisotopic (exact) mass is 303 g/mol. The standard InChI is InChI=1S/C17H25N3O2/c1-12(2)10-19-11-17(22)16(20-13(3)21)8-14-4-6-15(9-18)7-5-14/h4-7,12,16-17,19,22H,8,10-11H2,1-3H3,(H,20,21)/t16-,17+/m0/s1. The Morgan fingerprint density at radius 1 is 1.27 bits per heavy atom. The molecule has 0 aliphatic carbocycles. The maximum atomic E-state index is 11.3. The van der Waals surface area contributed by atoms with Crippen molar-refractivity contribution in [3.05, 3.63) is 35.4 Å². The van der Waals surface area contributed by atoms with Crippen molar-refractivity contribution in [1.29, 1.82) is 5.26 Å². The van der Waals surface area contributed by atoms with Gasteiger partial charge in [-0.05, 0) is 36.6 Å². The highest BCUT2D eigenvalue weighted by Crippen LogP contribution is 2.09. The molecule has 1 aromatic rings. The Balaban J connectivity index is 2.66. The molecule has 5 heteroatoms. The summed E-state index contributed by atoms with van der Waals surface area (Å²) < 4.78 is 0. The van der Waals surface area contributed by atoms with Gasteiger partial charge in [0.05, 0.1) is 23.8 Å². The van der Waals surface area contributed by atoms with Crippen molar-refractivity contribution in [2.45, 2.75) is 39.3 Å². The van der Waals surface area contributed by atoms with Crippen LogP contribution in [-0.4, -0.2) is 36.2 Å². The van der Waals surface area contributed by atoms with Crippen LogP contribution in [0.1, 0.15) is 31.9 Å². The van der Waals surface area contributed by atoms with Gasteiger partial charge in [0.25, 0.3) is 0 Å². The van der Waals surface area contributed by atoms with Crippen LogP contribution in [0.25, 0.3) is 0 Å². The fraction of sp³-hybridized carbons (Fsp3) is 0.529. The van der Waals surface area contributed by atoms with Gasteiger partial charge in [-0.3, -0.25) is 4.79 Å². The van der Waals surface area contributed by atoms with Gasteiger partial charge in [0, 0.05) is 13.5 Å².